The number of aromatic nitrogens is 1. The van der Waals surface area contributed by atoms with E-state index >= 15 is 0 Å². The SMILES string of the molecule is CC(=O)Oc1cncc(/N=N/c2ccc(C)c(CC(=O)O)c2)c1. The Morgan fingerprint density at radius 3 is 2.61 bits per heavy atom. The summed E-state index contributed by atoms with van der Waals surface area (Å²) in [4.78, 5) is 25.7. The lowest BCUT2D eigenvalue weighted by atomic mass is 10.1. The van der Waals surface area contributed by atoms with E-state index in [1.54, 1.807) is 18.2 Å². The average Bonchev–Trinajstić information content (AvgIpc) is 2.47. The molecule has 0 bridgehead atoms. The van der Waals surface area contributed by atoms with Crippen LogP contribution in [0.1, 0.15) is 18.1 Å². The summed E-state index contributed by atoms with van der Waals surface area (Å²) in [6.45, 7) is 3.14. The molecule has 0 radical (unpaired) electrons. The quantitative estimate of drug-likeness (QED) is 0.673. The Morgan fingerprint density at radius 2 is 1.91 bits per heavy atom. The Labute approximate surface area is 132 Å². The van der Waals surface area contributed by atoms with Gasteiger partial charge in [0, 0.05) is 13.0 Å². The minimum atomic E-state index is -0.902. The molecule has 1 aromatic carbocycles. The summed E-state index contributed by atoms with van der Waals surface area (Å²) < 4.78 is 4.92. The van der Waals surface area contributed by atoms with Crippen molar-refractivity contribution in [3.8, 4) is 5.75 Å². The molecule has 0 aliphatic heterocycles. The summed E-state index contributed by atoms with van der Waals surface area (Å²) in [7, 11) is 0. The molecule has 23 heavy (non-hydrogen) atoms. The van der Waals surface area contributed by atoms with Gasteiger partial charge < -0.3 is 9.84 Å². The fraction of sp³-hybridized carbons (Fsp3) is 0.188. The maximum Gasteiger partial charge on any atom is 0.308 e. The summed E-state index contributed by atoms with van der Waals surface area (Å²) in [5.74, 6) is -1.07. The first kappa shape index (κ1) is 16.3. The van der Waals surface area contributed by atoms with Crippen LogP contribution in [-0.4, -0.2) is 22.0 Å². The lowest BCUT2D eigenvalue weighted by Crippen LogP contribution is -2.01. The molecule has 2 aromatic rings. The number of rotatable bonds is 5. The summed E-state index contributed by atoms with van der Waals surface area (Å²) in [6.07, 6.45) is 2.80. The molecular formula is C16H15N3O4. The highest BCUT2D eigenvalue weighted by atomic mass is 16.5. The smallest absolute Gasteiger partial charge is 0.308 e. The number of aliphatic carboxylic acids is 1. The van der Waals surface area contributed by atoms with Gasteiger partial charge in [0.15, 0.2) is 5.75 Å². The van der Waals surface area contributed by atoms with Crippen molar-refractivity contribution >= 4 is 23.3 Å². The molecule has 0 amide bonds. The molecule has 1 aromatic heterocycles. The lowest BCUT2D eigenvalue weighted by molar-refractivity contribution is -0.136. The van der Waals surface area contributed by atoms with Crippen molar-refractivity contribution in [3.05, 3.63) is 47.8 Å². The average molecular weight is 313 g/mol. The highest BCUT2D eigenvalue weighted by Gasteiger charge is 2.05. The molecule has 0 fully saturated rings. The number of carboxylic acid groups (broad SMARTS) is 1. The molecule has 0 saturated heterocycles. The summed E-state index contributed by atoms with van der Waals surface area (Å²) >= 11 is 0. The Morgan fingerprint density at radius 1 is 1.17 bits per heavy atom. The predicted octanol–water partition coefficient (Wildman–Crippen LogP) is 3.36. The van der Waals surface area contributed by atoms with E-state index in [-0.39, 0.29) is 12.2 Å². The fourth-order valence-corrected chi connectivity index (χ4v) is 1.87. The van der Waals surface area contributed by atoms with Crippen LogP contribution in [0.5, 0.6) is 5.75 Å². The van der Waals surface area contributed by atoms with E-state index in [9.17, 15) is 9.59 Å². The van der Waals surface area contributed by atoms with Crippen LogP contribution in [0.25, 0.3) is 0 Å². The molecule has 118 valence electrons. The molecule has 0 saturated carbocycles. The molecular weight excluding hydrogens is 298 g/mol. The van der Waals surface area contributed by atoms with E-state index in [0.29, 0.717) is 16.9 Å². The first-order chi connectivity index (χ1) is 10.9. The van der Waals surface area contributed by atoms with Gasteiger partial charge in [-0.3, -0.25) is 14.6 Å². The van der Waals surface area contributed by atoms with Gasteiger partial charge in [0.2, 0.25) is 0 Å². The normalized spacial score (nSPS) is 10.7. The van der Waals surface area contributed by atoms with E-state index in [1.807, 2.05) is 6.92 Å². The standard InChI is InChI=1S/C16H15N3O4/c1-10-3-4-13(5-12(10)6-16(21)22)18-19-14-7-15(9-17-8-14)23-11(2)20/h3-5,7-9H,6H2,1-2H3,(H,21,22)/b19-18+. The van der Waals surface area contributed by atoms with E-state index < -0.39 is 11.9 Å². The van der Waals surface area contributed by atoms with Gasteiger partial charge in [-0.05, 0) is 30.2 Å². The van der Waals surface area contributed by atoms with Gasteiger partial charge in [-0.25, -0.2) is 0 Å². The first-order valence-electron chi connectivity index (χ1n) is 6.80. The number of pyridine rings is 1. The molecule has 0 atom stereocenters. The molecule has 1 heterocycles. The number of esters is 1. The second kappa shape index (κ2) is 7.26. The van der Waals surface area contributed by atoms with Crippen LogP contribution >= 0.6 is 0 Å². The minimum Gasteiger partial charge on any atom is -0.481 e. The van der Waals surface area contributed by atoms with E-state index in [1.165, 1.54) is 25.4 Å². The van der Waals surface area contributed by atoms with Crippen molar-refractivity contribution < 1.29 is 19.4 Å². The second-order valence-electron chi connectivity index (χ2n) is 4.85. The third kappa shape index (κ3) is 4.99. The first-order valence-corrected chi connectivity index (χ1v) is 6.80. The number of ether oxygens (including phenoxy) is 1. The number of azo groups is 1. The maximum atomic E-state index is 10.9. The summed E-state index contributed by atoms with van der Waals surface area (Å²) in [5, 5.41) is 17.0. The minimum absolute atomic E-state index is 0.0707. The van der Waals surface area contributed by atoms with Crippen LogP contribution in [0.3, 0.4) is 0 Å². The van der Waals surface area contributed by atoms with E-state index in [2.05, 4.69) is 15.2 Å². The van der Waals surface area contributed by atoms with E-state index in [0.717, 1.165) is 5.56 Å². The third-order valence-electron chi connectivity index (χ3n) is 2.92. The molecule has 0 unspecified atom stereocenters. The van der Waals surface area contributed by atoms with Gasteiger partial charge in [0.05, 0.1) is 24.5 Å². The van der Waals surface area contributed by atoms with Crippen LogP contribution in [0.15, 0.2) is 46.9 Å². The molecule has 7 nitrogen and oxygen atoms in total. The zero-order chi connectivity index (χ0) is 16.8. The number of carbonyl (C=O) groups excluding carboxylic acids is 1. The van der Waals surface area contributed by atoms with Crippen LogP contribution in [0.4, 0.5) is 11.4 Å². The number of aryl methyl sites for hydroxylation is 1. The highest BCUT2D eigenvalue weighted by molar-refractivity contribution is 5.71. The van der Waals surface area contributed by atoms with Crippen LogP contribution in [0.2, 0.25) is 0 Å². The summed E-state index contributed by atoms with van der Waals surface area (Å²) in [6, 6.07) is 6.74. The van der Waals surface area contributed by atoms with Gasteiger partial charge >= 0.3 is 11.9 Å². The Kier molecular flexibility index (Phi) is 5.14. The molecule has 0 aliphatic carbocycles. The number of hydrogen-bond acceptors (Lipinski definition) is 6. The third-order valence-corrected chi connectivity index (χ3v) is 2.92. The van der Waals surface area contributed by atoms with Crippen LogP contribution < -0.4 is 4.74 Å². The fourth-order valence-electron chi connectivity index (χ4n) is 1.87. The van der Waals surface area contributed by atoms with Crippen LogP contribution in [-0.2, 0) is 16.0 Å². The zero-order valence-electron chi connectivity index (χ0n) is 12.7. The Balaban J connectivity index is 2.20. The second-order valence-corrected chi connectivity index (χ2v) is 4.85. The van der Waals surface area contributed by atoms with Gasteiger partial charge in [0.1, 0.15) is 5.69 Å². The monoisotopic (exact) mass is 313 g/mol. The van der Waals surface area contributed by atoms with Crippen molar-refractivity contribution in [2.75, 3.05) is 0 Å². The number of carbonyl (C=O) groups is 2. The van der Waals surface area contributed by atoms with Crippen molar-refractivity contribution in [2.45, 2.75) is 20.3 Å². The zero-order valence-corrected chi connectivity index (χ0v) is 12.7. The lowest BCUT2D eigenvalue weighted by Gasteiger charge is -2.03. The highest BCUT2D eigenvalue weighted by Crippen LogP contribution is 2.23. The van der Waals surface area contributed by atoms with Crippen molar-refractivity contribution in [3.63, 3.8) is 0 Å². The largest absolute Gasteiger partial charge is 0.481 e. The van der Waals surface area contributed by atoms with Gasteiger partial charge in [-0.15, -0.1) is 5.11 Å². The number of carboxylic acids is 1. The predicted molar refractivity (Wildman–Crippen MR) is 82.2 cm³/mol. The van der Waals surface area contributed by atoms with Crippen LogP contribution in [0, 0.1) is 6.92 Å². The van der Waals surface area contributed by atoms with Crippen molar-refractivity contribution in [2.24, 2.45) is 10.2 Å². The molecule has 0 spiro atoms. The number of nitrogens with zero attached hydrogens (tertiary/aromatic N) is 3. The Hall–Kier alpha value is -3.09. The molecule has 2 rings (SSSR count). The maximum absolute atomic E-state index is 10.9. The Bertz CT molecular complexity index is 772. The van der Waals surface area contributed by atoms with Gasteiger partial charge in [0.25, 0.3) is 0 Å². The summed E-state index contributed by atoms with van der Waals surface area (Å²) in [5.41, 5.74) is 2.51. The molecule has 7 heteroatoms. The molecule has 0 aliphatic rings. The van der Waals surface area contributed by atoms with Crippen molar-refractivity contribution in [1.29, 1.82) is 0 Å². The van der Waals surface area contributed by atoms with Gasteiger partial charge in [-0.2, -0.15) is 5.11 Å². The van der Waals surface area contributed by atoms with Crippen molar-refractivity contribution in [1.82, 2.24) is 4.98 Å². The number of benzene rings is 1. The van der Waals surface area contributed by atoms with Gasteiger partial charge in [-0.1, -0.05) is 6.07 Å². The topological polar surface area (TPSA) is 101 Å². The van der Waals surface area contributed by atoms with E-state index in [4.69, 9.17) is 9.84 Å². The number of hydrogen-bond donors (Lipinski definition) is 1. The molecule has 1 N–H and O–H groups in total.